The van der Waals surface area contributed by atoms with E-state index in [0.717, 1.165) is 11.1 Å². The van der Waals surface area contributed by atoms with Crippen LogP contribution in [0.1, 0.15) is 30.7 Å². The third-order valence-corrected chi connectivity index (χ3v) is 7.87. The molecule has 0 radical (unpaired) electrons. The lowest BCUT2D eigenvalue weighted by atomic mass is 10.2. The predicted octanol–water partition coefficient (Wildman–Crippen LogP) is 5.03. The first-order chi connectivity index (χ1) is 17.8. The molecule has 10 heteroatoms. The highest BCUT2D eigenvalue weighted by Crippen LogP contribution is 2.41. The van der Waals surface area contributed by atoms with Crippen LogP contribution in [-0.2, 0) is 29.7 Å². The molecule has 37 heavy (non-hydrogen) atoms. The van der Waals surface area contributed by atoms with E-state index in [4.69, 9.17) is 4.74 Å². The summed E-state index contributed by atoms with van der Waals surface area (Å²) in [5.74, 6) is 0.883. The van der Waals surface area contributed by atoms with Crippen LogP contribution in [0.25, 0.3) is 0 Å². The van der Waals surface area contributed by atoms with E-state index in [0.29, 0.717) is 36.1 Å². The molecule has 0 saturated carbocycles. The Morgan fingerprint density at radius 2 is 1.76 bits per heavy atom. The highest BCUT2D eigenvalue weighted by molar-refractivity contribution is 7.89. The molecule has 4 aromatic rings. The summed E-state index contributed by atoms with van der Waals surface area (Å²) in [4.78, 5) is 0.101. The quantitative estimate of drug-likeness (QED) is 0.367. The Kier molecular flexibility index (Phi) is 6.94. The van der Waals surface area contributed by atoms with Crippen molar-refractivity contribution in [1.82, 2.24) is 19.3 Å². The highest BCUT2D eigenvalue weighted by atomic mass is 32.2. The van der Waals surface area contributed by atoms with Gasteiger partial charge in [-0.1, -0.05) is 55.5 Å². The van der Waals surface area contributed by atoms with Gasteiger partial charge in [0.2, 0.25) is 10.0 Å². The van der Waals surface area contributed by atoms with Crippen LogP contribution in [0.5, 0.6) is 11.5 Å². The van der Waals surface area contributed by atoms with E-state index in [9.17, 15) is 12.8 Å². The molecular formula is C27H28FN5O3S. The van der Waals surface area contributed by atoms with Crippen LogP contribution >= 0.6 is 0 Å². The van der Waals surface area contributed by atoms with Crippen molar-refractivity contribution in [2.75, 3.05) is 11.9 Å². The van der Waals surface area contributed by atoms with Crippen molar-refractivity contribution in [3.8, 4) is 11.5 Å². The number of ether oxygens (including phenoxy) is 1. The van der Waals surface area contributed by atoms with Crippen molar-refractivity contribution >= 4 is 15.7 Å². The van der Waals surface area contributed by atoms with Gasteiger partial charge in [0, 0.05) is 18.7 Å². The second-order valence-electron chi connectivity index (χ2n) is 9.42. The number of aromatic nitrogens is 3. The lowest BCUT2D eigenvalue weighted by molar-refractivity contribution is 0.372. The molecule has 0 atom stereocenters. The molecule has 0 amide bonds. The lowest BCUT2D eigenvalue weighted by Crippen LogP contribution is -2.32. The van der Waals surface area contributed by atoms with Crippen LogP contribution in [0.4, 0.5) is 10.1 Å². The van der Waals surface area contributed by atoms with E-state index in [1.165, 1.54) is 16.4 Å². The Labute approximate surface area is 215 Å². The molecule has 1 aliphatic heterocycles. The number of para-hydroxylation sites is 1. The second-order valence-corrected chi connectivity index (χ2v) is 11.3. The van der Waals surface area contributed by atoms with Crippen LogP contribution in [0.2, 0.25) is 0 Å². The minimum atomic E-state index is -3.99. The number of rotatable bonds is 7. The zero-order valence-electron chi connectivity index (χ0n) is 20.6. The molecule has 8 nitrogen and oxygen atoms in total. The third-order valence-electron chi connectivity index (χ3n) is 6.00. The number of anilines is 1. The fourth-order valence-corrected chi connectivity index (χ4v) is 5.81. The monoisotopic (exact) mass is 521 g/mol. The van der Waals surface area contributed by atoms with Crippen molar-refractivity contribution in [2.45, 2.75) is 38.4 Å². The van der Waals surface area contributed by atoms with Gasteiger partial charge < -0.3 is 10.1 Å². The molecule has 3 aromatic carbocycles. The van der Waals surface area contributed by atoms with E-state index < -0.39 is 10.0 Å². The first kappa shape index (κ1) is 24.9. The molecule has 0 fully saturated rings. The normalized spacial score (nSPS) is 14.8. The van der Waals surface area contributed by atoms with Gasteiger partial charge in [-0.3, -0.25) is 0 Å². The van der Waals surface area contributed by atoms with Crippen LogP contribution in [-0.4, -0.2) is 34.3 Å². The Bertz CT molecular complexity index is 1500. The first-order valence-corrected chi connectivity index (χ1v) is 13.5. The predicted molar refractivity (Wildman–Crippen MR) is 138 cm³/mol. The van der Waals surface area contributed by atoms with Crippen LogP contribution in [0, 0.1) is 11.7 Å². The van der Waals surface area contributed by atoms with Gasteiger partial charge in [-0.25, -0.2) is 17.5 Å². The zero-order chi connectivity index (χ0) is 26.0. The molecule has 1 N–H and O–H groups in total. The average Bonchev–Trinajstić information content (AvgIpc) is 3.31. The Hall–Kier alpha value is -3.76. The van der Waals surface area contributed by atoms with E-state index in [1.54, 1.807) is 41.2 Å². The molecule has 2 heterocycles. The maximum Gasteiger partial charge on any atom is 0.249 e. The standard InChI is InChI=1S/C27H28FN5O3S/c1-19(2)14-29-24-7-5-9-26-27(24)37(34,35)33(16-21-6-3-4-8-25(21)36-26)18-23-17-32(31-30-23)15-20-10-12-22(28)13-11-20/h3-13,17,19,29H,14-16,18H2,1-2H3. The van der Waals surface area contributed by atoms with E-state index in [-0.39, 0.29) is 29.6 Å². The summed E-state index contributed by atoms with van der Waals surface area (Å²) in [6.45, 7) is 5.26. The molecule has 5 rings (SSSR count). The maximum atomic E-state index is 14.1. The smallest absolute Gasteiger partial charge is 0.249 e. The molecular weight excluding hydrogens is 493 g/mol. The van der Waals surface area contributed by atoms with Crippen LogP contribution in [0.15, 0.2) is 77.8 Å². The SMILES string of the molecule is CC(C)CNc1cccc2c1S(=O)(=O)N(Cc1cn(Cc3ccc(F)cc3)nn1)Cc1ccccc1O2. The molecule has 1 aromatic heterocycles. The molecule has 0 spiro atoms. The van der Waals surface area contributed by atoms with Crippen molar-refractivity contribution in [1.29, 1.82) is 0 Å². The zero-order valence-corrected chi connectivity index (χ0v) is 21.5. The van der Waals surface area contributed by atoms with Gasteiger partial charge in [-0.2, -0.15) is 4.31 Å². The molecule has 1 aliphatic rings. The first-order valence-electron chi connectivity index (χ1n) is 12.1. The number of nitrogens with zero attached hydrogens (tertiary/aromatic N) is 4. The summed E-state index contributed by atoms with van der Waals surface area (Å²) < 4.78 is 50.6. The molecule has 0 unspecified atom stereocenters. The summed E-state index contributed by atoms with van der Waals surface area (Å²) in [6, 6.07) is 18.8. The molecule has 0 aliphatic carbocycles. The Balaban J connectivity index is 1.50. The van der Waals surface area contributed by atoms with Gasteiger partial charge in [0.05, 0.1) is 30.7 Å². The fourth-order valence-electron chi connectivity index (χ4n) is 4.16. The summed E-state index contributed by atoms with van der Waals surface area (Å²) in [6.07, 6.45) is 1.71. The van der Waals surface area contributed by atoms with Gasteiger partial charge in [0.1, 0.15) is 22.2 Å². The van der Waals surface area contributed by atoms with Crippen molar-refractivity contribution in [2.24, 2.45) is 5.92 Å². The molecule has 192 valence electrons. The Morgan fingerprint density at radius 1 is 1.00 bits per heavy atom. The lowest BCUT2D eigenvalue weighted by Gasteiger charge is -2.28. The third kappa shape index (κ3) is 5.50. The van der Waals surface area contributed by atoms with Crippen molar-refractivity contribution < 1.29 is 17.5 Å². The summed E-state index contributed by atoms with van der Waals surface area (Å²) in [7, 11) is -3.99. The van der Waals surface area contributed by atoms with Gasteiger partial charge in [0.25, 0.3) is 0 Å². The minimum absolute atomic E-state index is 0.0258. The topological polar surface area (TPSA) is 89.4 Å². The number of hydrogen-bond acceptors (Lipinski definition) is 6. The fraction of sp³-hybridized carbons (Fsp3) is 0.259. The van der Waals surface area contributed by atoms with Gasteiger partial charge >= 0.3 is 0 Å². The number of halogens is 1. The van der Waals surface area contributed by atoms with Crippen LogP contribution in [0.3, 0.4) is 0 Å². The van der Waals surface area contributed by atoms with E-state index in [1.807, 2.05) is 24.3 Å². The summed E-state index contributed by atoms with van der Waals surface area (Å²) in [5, 5.41) is 11.7. The summed E-state index contributed by atoms with van der Waals surface area (Å²) >= 11 is 0. The van der Waals surface area contributed by atoms with Crippen molar-refractivity contribution in [3.63, 3.8) is 0 Å². The number of sulfonamides is 1. The summed E-state index contributed by atoms with van der Waals surface area (Å²) in [5.41, 5.74) is 2.60. The number of nitrogens with one attached hydrogen (secondary N) is 1. The Morgan fingerprint density at radius 3 is 2.54 bits per heavy atom. The number of benzene rings is 3. The largest absolute Gasteiger partial charge is 0.456 e. The maximum absolute atomic E-state index is 14.1. The van der Waals surface area contributed by atoms with Crippen molar-refractivity contribution in [3.05, 3.63) is 95.6 Å². The molecule has 0 bridgehead atoms. The van der Waals surface area contributed by atoms with Crippen LogP contribution < -0.4 is 10.1 Å². The highest BCUT2D eigenvalue weighted by Gasteiger charge is 2.34. The molecule has 0 saturated heterocycles. The average molecular weight is 522 g/mol. The number of hydrogen-bond donors (Lipinski definition) is 1. The van der Waals surface area contributed by atoms with Gasteiger partial charge in [-0.15, -0.1) is 5.10 Å². The van der Waals surface area contributed by atoms with Gasteiger partial charge in [-0.05, 0) is 41.8 Å². The second kappa shape index (κ2) is 10.3. The van der Waals surface area contributed by atoms with E-state index >= 15 is 0 Å². The van der Waals surface area contributed by atoms with E-state index in [2.05, 4.69) is 29.5 Å². The minimum Gasteiger partial charge on any atom is -0.456 e. The number of fused-ring (bicyclic) bond motifs is 2. The van der Waals surface area contributed by atoms with Gasteiger partial charge in [0.15, 0.2) is 0 Å².